The van der Waals surface area contributed by atoms with Crippen LogP contribution in [0.25, 0.3) is 22.3 Å². The predicted octanol–water partition coefficient (Wildman–Crippen LogP) is 7.89. The van der Waals surface area contributed by atoms with Gasteiger partial charge in [-0.2, -0.15) is 0 Å². The number of hydrogen-bond acceptors (Lipinski definition) is 6. The Kier molecular flexibility index (Phi) is 13.4. The topological polar surface area (TPSA) is 82.1 Å². The highest BCUT2D eigenvalue weighted by atomic mass is 16.5. The van der Waals surface area contributed by atoms with Gasteiger partial charge in [0.15, 0.2) is 0 Å². The Labute approximate surface area is 262 Å². The molecule has 3 aromatic carbocycles. The van der Waals surface area contributed by atoms with E-state index in [0.717, 1.165) is 45.6 Å². The van der Waals surface area contributed by atoms with Gasteiger partial charge in [-0.3, -0.25) is 0 Å². The van der Waals surface area contributed by atoms with Crippen LogP contribution in [0, 0.1) is 13.8 Å². The van der Waals surface area contributed by atoms with Crippen LogP contribution >= 0.6 is 0 Å². The lowest BCUT2D eigenvalue weighted by Gasteiger charge is -2.20. The number of carbonyl (C=O) groups is 2. The Morgan fingerprint density at radius 1 is 0.682 bits per heavy atom. The van der Waals surface area contributed by atoms with Crippen molar-refractivity contribution in [3.05, 3.63) is 101 Å². The zero-order valence-corrected chi connectivity index (χ0v) is 26.7. The van der Waals surface area contributed by atoms with Gasteiger partial charge in [0.1, 0.15) is 5.75 Å². The van der Waals surface area contributed by atoms with Gasteiger partial charge in [-0.05, 0) is 117 Å². The monoisotopic (exact) mass is 598 g/mol. The van der Waals surface area contributed by atoms with Crippen molar-refractivity contribution in [2.45, 2.75) is 66.2 Å². The van der Waals surface area contributed by atoms with Crippen LogP contribution in [0.5, 0.6) is 5.75 Å². The van der Waals surface area contributed by atoms with Gasteiger partial charge in [0.05, 0.1) is 19.8 Å². The van der Waals surface area contributed by atoms with Gasteiger partial charge < -0.3 is 19.3 Å². The molecule has 0 aliphatic carbocycles. The fourth-order valence-corrected chi connectivity index (χ4v) is 4.87. The van der Waals surface area contributed by atoms with E-state index in [1.807, 2.05) is 0 Å². The molecule has 0 radical (unpaired) electrons. The van der Waals surface area contributed by atoms with Crippen molar-refractivity contribution in [2.75, 3.05) is 26.4 Å². The van der Waals surface area contributed by atoms with E-state index < -0.39 is 11.9 Å². The van der Waals surface area contributed by atoms with Gasteiger partial charge in [0, 0.05) is 17.8 Å². The van der Waals surface area contributed by atoms with Crippen molar-refractivity contribution in [1.82, 2.24) is 0 Å². The van der Waals surface area contributed by atoms with Crippen LogP contribution in [0.4, 0.5) is 0 Å². The minimum atomic E-state index is -0.395. The Balaban J connectivity index is 1.97. The summed E-state index contributed by atoms with van der Waals surface area (Å²) in [6.45, 7) is 15.9. The molecule has 0 saturated carbocycles. The highest BCUT2D eigenvalue weighted by Crippen LogP contribution is 2.36. The number of hydrogen-bond donors (Lipinski definition) is 1. The molecular formula is C38H46O6. The quantitative estimate of drug-likeness (QED) is 0.0967. The number of benzene rings is 3. The van der Waals surface area contributed by atoms with Crippen LogP contribution in [-0.4, -0.2) is 43.5 Å². The van der Waals surface area contributed by atoms with Gasteiger partial charge in [0.25, 0.3) is 0 Å². The molecule has 6 heteroatoms. The van der Waals surface area contributed by atoms with Gasteiger partial charge in [-0.15, -0.1) is 0 Å². The summed E-state index contributed by atoms with van der Waals surface area (Å²) >= 11 is 0. The maximum atomic E-state index is 11.9. The largest absolute Gasteiger partial charge is 0.493 e. The highest BCUT2D eigenvalue weighted by molar-refractivity contribution is 5.87. The number of aliphatic hydroxyl groups is 1. The lowest BCUT2D eigenvalue weighted by Crippen LogP contribution is -2.10. The summed E-state index contributed by atoms with van der Waals surface area (Å²) in [4.78, 5) is 23.9. The van der Waals surface area contributed by atoms with E-state index in [4.69, 9.17) is 14.2 Å². The number of carbonyl (C=O) groups excluding carboxylic acids is 2. The molecule has 0 fully saturated rings. The molecule has 3 rings (SSSR count). The minimum absolute atomic E-state index is 0.113. The lowest BCUT2D eigenvalue weighted by atomic mass is 9.91. The van der Waals surface area contributed by atoms with Crippen LogP contribution in [-0.2, 0) is 31.9 Å². The van der Waals surface area contributed by atoms with Gasteiger partial charge in [0.2, 0.25) is 0 Å². The number of aliphatic hydroxyl groups excluding tert-OH is 1. The Hall–Kier alpha value is -4.16. The van der Waals surface area contributed by atoms with E-state index in [-0.39, 0.29) is 19.8 Å². The second-order valence-corrected chi connectivity index (χ2v) is 11.3. The second kappa shape index (κ2) is 17.2. The Morgan fingerprint density at radius 2 is 1.23 bits per heavy atom. The van der Waals surface area contributed by atoms with Crippen molar-refractivity contribution in [3.8, 4) is 28.0 Å². The number of rotatable bonds is 17. The molecule has 234 valence electrons. The lowest BCUT2D eigenvalue weighted by molar-refractivity contribution is -0.139. The molecule has 3 aromatic rings. The van der Waals surface area contributed by atoms with Crippen molar-refractivity contribution >= 4 is 11.9 Å². The summed E-state index contributed by atoms with van der Waals surface area (Å²) in [5, 5.41) is 9.27. The summed E-state index contributed by atoms with van der Waals surface area (Å²) < 4.78 is 17.1. The van der Waals surface area contributed by atoms with Gasteiger partial charge in [-0.25, -0.2) is 9.59 Å². The van der Waals surface area contributed by atoms with Crippen molar-refractivity contribution in [2.24, 2.45) is 0 Å². The molecule has 0 aliphatic rings. The number of ether oxygens (including phenoxy) is 3. The summed E-state index contributed by atoms with van der Waals surface area (Å²) in [6, 6.07) is 19.4. The average Bonchev–Trinajstić information content (AvgIpc) is 3.00. The minimum Gasteiger partial charge on any atom is -0.493 e. The van der Waals surface area contributed by atoms with Crippen LogP contribution < -0.4 is 4.74 Å². The molecule has 0 heterocycles. The van der Waals surface area contributed by atoms with Crippen LogP contribution in [0.15, 0.2) is 78.9 Å². The summed E-state index contributed by atoms with van der Waals surface area (Å²) in [6.07, 6.45) is 3.91. The maximum Gasteiger partial charge on any atom is 0.333 e. The highest BCUT2D eigenvalue weighted by Gasteiger charge is 2.16. The van der Waals surface area contributed by atoms with E-state index in [2.05, 4.69) is 81.6 Å². The first-order valence-electron chi connectivity index (χ1n) is 15.3. The second-order valence-electron chi connectivity index (χ2n) is 11.3. The van der Waals surface area contributed by atoms with Gasteiger partial charge in [-0.1, -0.05) is 61.2 Å². The van der Waals surface area contributed by atoms with E-state index in [1.54, 1.807) is 13.8 Å². The van der Waals surface area contributed by atoms with Crippen molar-refractivity contribution < 1.29 is 28.9 Å². The summed E-state index contributed by atoms with van der Waals surface area (Å²) in [5.74, 6) is 0.0140. The first-order chi connectivity index (χ1) is 21.1. The maximum absolute atomic E-state index is 11.9. The fourth-order valence-electron chi connectivity index (χ4n) is 4.87. The van der Waals surface area contributed by atoms with Crippen LogP contribution in [0.2, 0.25) is 0 Å². The molecule has 0 bridgehead atoms. The first kappa shape index (κ1) is 34.3. The van der Waals surface area contributed by atoms with E-state index in [0.29, 0.717) is 49.9 Å². The zero-order chi connectivity index (χ0) is 32.1. The molecule has 44 heavy (non-hydrogen) atoms. The molecule has 0 spiro atoms. The molecule has 0 atom stereocenters. The summed E-state index contributed by atoms with van der Waals surface area (Å²) in [7, 11) is 0. The van der Waals surface area contributed by atoms with E-state index in [1.165, 1.54) is 11.1 Å². The molecule has 0 aromatic heterocycles. The normalized spacial score (nSPS) is 10.8. The van der Waals surface area contributed by atoms with Crippen LogP contribution in [0.1, 0.15) is 61.8 Å². The van der Waals surface area contributed by atoms with Crippen molar-refractivity contribution in [3.63, 3.8) is 0 Å². The van der Waals surface area contributed by atoms with Crippen molar-refractivity contribution in [1.29, 1.82) is 0 Å². The zero-order valence-electron chi connectivity index (χ0n) is 26.7. The van der Waals surface area contributed by atoms with Crippen LogP contribution in [0.3, 0.4) is 0 Å². The SMILES string of the molecule is C=C(C)C(=O)OCCCc1cc(-c2ccc(-c3ccc(C)cc3)cc2C)cc(CCCOC(=O)C(=C)C)c1OCCCCO. The molecule has 0 amide bonds. The molecule has 1 N–H and O–H groups in total. The molecule has 0 saturated heterocycles. The Morgan fingerprint density at radius 3 is 1.73 bits per heavy atom. The third kappa shape index (κ3) is 10.2. The average molecular weight is 599 g/mol. The third-order valence-corrected chi connectivity index (χ3v) is 7.31. The van der Waals surface area contributed by atoms with Gasteiger partial charge >= 0.3 is 11.9 Å². The standard InChI is InChI=1S/C38H46O6/c1-26(2)37(40)43-21-9-11-32-24-34(35-18-17-31(23-29(35)6)30-15-13-28(5)14-16-30)25-33(36(32)42-20-8-7-19-39)12-10-22-44-38(41)27(3)4/h13-18,23-25,39H,1,3,7-12,19-22H2,2,4-6H3. The molecular weight excluding hydrogens is 552 g/mol. The predicted molar refractivity (Wildman–Crippen MR) is 177 cm³/mol. The number of unbranched alkanes of at least 4 members (excludes halogenated alkanes) is 1. The smallest absolute Gasteiger partial charge is 0.333 e. The molecule has 6 nitrogen and oxygen atoms in total. The molecule has 0 unspecified atom stereocenters. The van der Waals surface area contributed by atoms with E-state index >= 15 is 0 Å². The summed E-state index contributed by atoms with van der Waals surface area (Å²) in [5.41, 5.74) is 9.70. The number of aryl methyl sites for hydroxylation is 4. The molecule has 0 aliphatic heterocycles. The number of esters is 2. The fraction of sp³-hybridized carbons (Fsp3) is 0.368. The first-order valence-corrected chi connectivity index (χ1v) is 15.3. The Bertz CT molecular complexity index is 1400. The van der Waals surface area contributed by atoms with E-state index in [9.17, 15) is 14.7 Å². The third-order valence-electron chi connectivity index (χ3n) is 7.31.